The van der Waals surface area contributed by atoms with E-state index in [1.807, 2.05) is 0 Å². The molecule has 1 aromatic carbocycles. The van der Waals surface area contributed by atoms with Crippen molar-refractivity contribution in [3.05, 3.63) is 28.2 Å². The maximum absolute atomic E-state index is 12.7. The molecule has 0 saturated carbocycles. The van der Waals surface area contributed by atoms with Crippen LogP contribution in [0.2, 0.25) is 0 Å². The number of amides is 1. The van der Waals surface area contributed by atoms with E-state index in [1.165, 1.54) is 17.0 Å². The molecular weight excluding hydrogens is 379 g/mol. The summed E-state index contributed by atoms with van der Waals surface area (Å²) < 4.78 is 38.2. The van der Waals surface area contributed by atoms with Crippen LogP contribution < -0.4 is 4.90 Å². The lowest BCUT2D eigenvalue weighted by Gasteiger charge is -2.18. The Bertz CT molecular complexity index is 490. The molecule has 1 aliphatic rings. The number of hydrogen-bond acceptors (Lipinski definition) is 1. The summed E-state index contributed by atoms with van der Waals surface area (Å²) in [7, 11) is 0. The highest BCUT2D eigenvalue weighted by molar-refractivity contribution is 9.10. The molecule has 0 aliphatic carbocycles. The Balaban J connectivity index is 2.39. The van der Waals surface area contributed by atoms with Crippen molar-refractivity contribution in [2.24, 2.45) is 0 Å². The van der Waals surface area contributed by atoms with Gasteiger partial charge in [-0.3, -0.25) is 4.79 Å². The van der Waals surface area contributed by atoms with Gasteiger partial charge in [0.15, 0.2) is 0 Å². The van der Waals surface area contributed by atoms with E-state index in [1.54, 1.807) is 0 Å². The summed E-state index contributed by atoms with van der Waals surface area (Å²) in [6.45, 7) is 0.387. The first-order chi connectivity index (χ1) is 8.29. The van der Waals surface area contributed by atoms with Gasteiger partial charge in [0.25, 0.3) is 0 Å². The van der Waals surface area contributed by atoms with Gasteiger partial charge in [0.2, 0.25) is 5.91 Å². The summed E-state index contributed by atoms with van der Waals surface area (Å²) >= 11 is 6.16. The van der Waals surface area contributed by atoms with Crippen molar-refractivity contribution in [2.75, 3.05) is 11.4 Å². The van der Waals surface area contributed by atoms with Crippen LogP contribution in [0.4, 0.5) is 18.9 Å². The van der Waals surface area contributed by atoms with Crippen LogP contribution in [0.1, 0.15) is 12.0 Å². The van der Waals surface area contributed by atoms with Gasteiger partial charge in [-0.25, -0.2) is 0 Å². The number of rotatable bonds is 1. The zero-order valence-corrected chi connectivity index (χ0v) is 12.1. The van der Waals surface area contributed by atoms with Crippen LogP contribution in [0.5, 0.6) is 0 Å². The van der Waals surface area contributed by atoms with Crippen molar-refractivity contribution >= 4 is 43.5 Å². The van der Waals surface area contributed by atoms with E-state index < -0.39 is 11.7 Å². The lowest BCUT2D eigenvalue weighted by molar-refractivity contribution is -0.138. The normalized spacial score (nSPS) is 20.6. The summed E-state index contributed by atoms with van der Waals surface area (Å²) in [5, 5.41) is 0. The molecule has 1 saturated heterocycles. The first-order valence-electron chi connectivity index (χ1n) is 5.10. The van der Waals surface area contributed by atoms with E-state index in [4.69, 9.17) is 0 Å². The first-order valence-corrected chi connectivity index (χ1v) is 6.81. The highest BCUT2D eigenvalue weighted by atomic mass is 79.9. The zero-order valence-electron chi connectivity index (χ0n) is 8.97. The molecule has 98 valence electrons. The van der Waals surface area contributed by atoms with Crippen LogP contribution in [0, 0.1) is 0 Å². The molecule has 1 fully saturated rings. The molecule has 0 spiro atoms. The van der Waals surface area contributed by atoms with E-state index in [0.717, 1.165) is 6.07 Å². The molecule has 1 unspecified atom stereocenters. The number of hydrogen-bond donors (Lipinski definition) is 0. The predicted molar refractivity (Wildman–Crippen MR) is 68.8 cm³/mol. The van der Waals surface area contributed by atoms with Gasteiger partial charge in [0.1, 0.15) is 0 Å². The van der Waals surface area contributed by atoms with Crippen LogP contribution in [-0.2, 0) is 11.0 Å². The lowest BCUT2D eigenvalue weighted by Crippen LogP contribution is -2.25. The monoisotopic (exact) mass is 385 g/mol. The number of anilines is 1. The number of halogens is 5. The largest absolute Gasteiger partial charge is 0.417 e. The van der Waals surface area contributed by atoms with Crippen molar-refractivity contribution in [3.8, 4) is 0 Å². The van der Waals surface area contributed by atoms with Gasteiger partial charge in [-0.2, -0.15) is 13.2 Å². The van der Waals surface area contributed by atoms with E-state index in [2.05, 4.69) is 31.9 Å². The molecule has 1 aromatic rings. The Morgan fingerprint density at radius 3 is 2.50 bits per heavy atom. The lowest BCUT2D eigenvalue weighted by atomic mass is 10.2. The highest BCUT2D eigenvalue weighted by Crippen LogP contribution is 2.38. The van der Waals surface area contributed by atoms with E-state index in [9.17, 15) is 18.0 Å². The van der Waals surface area contributed by atoms with Crippen molar-refractivity contribution in [1.29, 1.82) is 0 Å². The van der Waals surface area contributed by atoms with Gasteiger partial charge >= 0.3 is 6.18 Å². The number of nitrogens with zero attached hydrogens (tertiary/aromatic N) is 1. The third-order valence-electron chi connectivity index (χ3n) is 2.64. The SMILES string of the molecule is O=C1CC(Br)CN1c1ccc(Br)c(C(F)(F)F)c1. The molecule has 18 heavy (non-hydrogen) atoms. The fourth-order valence-electron chi connectivity index (χ4n) is 1.81. The third-order valence-corrected chi connectivity index (χ3v) is 3.95. The average Bonchev–Trinajstić information content (AvgIpc) is 2.57. The Hall–Kier alpha value is -0.560. The van der Waals surface area contributed by atoms with Gasteiger partial charge < -0.3 is 4.90 Å². The standard InChI is InChI=1S/C11H8Br2F3NO/c12-6-3-10(18)17(5-6)7-1-2-9(13)8(4-7)11(14,15)16/h1-2,4,6H,3,5H2. The molecule has 0 radical (unpaired) electrons. The van der Waals surface area contributed by atoms with Gasteiger partial charge in [-0.05, 0) is 18.2 Å². The fraction of sp³-hybridized carbons (Fsp3) is 0.364. The van der Waals surface area contributed by atoms with Crippen LogP contribution in [0.15, 0.2) is 22.7 Å². The molecule has 1 atom stereocenters. The third kappa shape index (κ3) is 2.71. The number of carbonyl (C=O) groups is 1. The maximum Gasteiger partial charge on any atom is 0.417 e. The smallest absolute Gasteiger partial charge is 0.311 e. The van der Waals surface area contributed by atoms with E-state index >= 15 is 0 Å². The molecule has 0 bridgehead atoms. The highest BCUT2D eigenvalue weighted by Gasteiger charge is 2.35. The summed E-state index contributed by atoms with van der Waals surface area (Å²) in [5.74, 6) is -0.174. The number of alkyl halides is 4. The molecule has 7 heteroatoms. The number of benzene rings is 1. The van der Waals surface area contributed by atoms with Crippen LogP contribution >= 0.6 is 31.9 Å². The zero-order chi connectivity index (χ0) is 13.5. The Morgan fingerprint density at radius 2 is 2.00 bits per heavy atom. The summed E-state index contributed by atoms with van der Waals surface area (Å²) in [6, 6.07) is 3.81. The van der Waals surface area contributed by atoms with Crippen LogP contribution in [-0.4, -0.2) is 17.3 Å². The van der Waals surface area contributed by atoms with E-state index in [0.29, 0.717) is 13.0 Å². The topological polar surface area (TPSA) is 20.3 Å². The molecule has 2 nitrogen and oxygen atoms in total. The van der Waals surface area contributed by atoms with Crippen LogP contribution in [0.25, 0.3) is 0 Å². The van der Waals surface area contributed by atoms with Gasteiger partial charge in [0.05, 0.1) is 5.56 Å². The summed E-state index contributed by atoms with van der Waals surface area (Å²) in [6.07, 6.45) is -4.14. The second-order valence-corrected chi connectivity index (χ2v) is 6.12. The average molecular weight is 387 g/mol. The molecule has 1 amide bonds. The fourth-order valence-corrected chi connectivity index (χ4v) is 2.85. The van der Waals surface area contributed by atoms with Crippen molar-refractivity contribution in [2.45, 2.75) is 17.4 Å². The quantitative estimate of drug-likeness (QED) is 0.669. The minimum Gasteiger partial charge on any atom is -0.311 e. The minimum atomic E-state index is -4.44. The molecule has 1 heterocycles. The van der Waals surface area contributed by atoms with Crippen LogP contribution in [0.3, 0.4) is 0 Å². The maximum atomic E-state index is 12.7. The van der Waals surface area contributed by atoms with Gasteiger partial charge in [0, 0.05) is 28.0 Å². The molecule has 0 aromatic heterocycles. The predicted octanol–water partition coefficient (Wildman–Crippen LogP) is 3.97. The molecule has 0 N–H and O–H groups in total. The summed E-state index contributed by atoms with van der Waals surface area (Å²) in [4.78, 5) is 13.0. The molecule has 2 rings (SSSR count). The van der Waals surface area contributed by atoms with Crippen molar-refractivity contribution in [3.63, 3.8) is 0 Å². The Kier molecular flexibility index (Phi) is 3.73. The Morgan fingerprint density at radius 1 is 1.33 bits per heavy atom. The van der Waals surface area contributed by atoms with Gasteiger partial charge in [-0.1, -0.05) is 31.9 Å². The molecular formula is C11H8Br2F3NO. The molecule has 1 aliphatic heterocycles. The van der Waals surface area contributed by atoms with Crippen molar-refractivity contribution in [1.82, 2.24) is 0 Å². The summed E-state index contributed by atoms with van der Waals surface area (Å²) in [5.41, 5.74) is -0.497. The first kappa shape index (κ1) is 13.9. The Labute approximate surface area is 118 Å². The second kappa shape index (κ2) is 4.85. The second-order valence-electron chi connectivity index (χ2n) is 3.97. The van der Waals surface area contributed by atoms with Crippen molar-refractivity contribution < 1.29 is 18.0 Å². The van der Waals surface area contributed by atoms with E-state index in [-0.39, 0.29) is 20.9 Å². The van der Waals surface area contributed by atoms with Gasteiger partial charge in [-0.15, -0.1) is 0 Å². The number of carbonyl (C=O) groups excluding carboxylic acids is 1. The minimum absolute atomic E-state index is 0.0111.